The van der Waals surface area contributed by atoms with Crippen LogP contribution in [0.4, 0.5) is 0 Å². The monoisotopic (exact) mass is 209 g/mol. The van der Waals surface area contributed by atoms with Crippen molar-refractivity contribution >= 4 is 22.6 Å². The first-order valence-electron chi connectivity index (χ1n) is 4.42. The van der Waals surface area contributed by atoms with Gasteiger partial charge in [-0.05, 0) is 6.07 Å². The van der Waals surface area contributed by atoms with E-state index < -0.39 is 0 Å². The second-order valence-electron chi connectivity index (χ2n) is 3.28. The molecule has 3 heterocycles. The molecule has 5 heteroatoms. The summed E-state index contributed by atoms with van der Waals surface area (Å²) in [5, 5.41) is 1.01. The predicted molar refractivity (Wildman–Crippen MR) is 52.0 cm³/mol. The number of halogens is 1. The molecule has 72 valence electrons. The van der Waals surface area contributed by atoms with Crippen molar-refractivity contribution in [3.63, 3.8) is 0 Å². The fourth-order valence-electron chi connectivity index (χ4n) is 1.51. The molecule has 2 unspecified atom stereocenters. The lowest BCUT2D eigenvalue weighted by atomic mass is 10.2. The van der Waals surface area contributed by atoms with E-state index in [0.717, 1.165) is 17.5 Å². The van der Waals surface area contributed by atoms with Crippen LogP contribution in [0.1, 0.15) is 18.3 Å². The molecule has 0 saturated carbocycles. The fourth-order valence-corrected chi connectivity index (χ4v) is 1.80. The van der Waals surface area contributed by atoms with E-state index in [1.54, 1.807) is 6.20 Å². The number of alkyl halides is 1. The highest BCUT2D eigenvalue weighted by Gasteiger charge is 2.31. The maximum absolute atomic E-state index is 5.71. The van der Waals surface area contributed by atoms with Gasteiger partial charge in [0.1, 0.15) is 17.3 Å². The third-order valence-corrected chi connectivity index (χ3v) is 2.60. The Bertz CT molecular complexity index is 464. The molecule has 2 atom stereocenters. The van der Waals surface area contributed by atoms with E-state index in [0.29, 0.717) is 5.82 Å². The first-order chi connectivity index (χ1) is 6.83. The van der Waals surface area contributed by atoms with Crippen LogP contribution in [0.25, 0.3) is 11.0 Å². The normalized spacial score (nSPS) is 26.4. The van der Waals surface area contributed by atoms with Gasteiger partial charge in [-0.25, -0.2) is 9.97 Å². The Labute approximate surface area is 85.3 Å². The third-order valence-electron chi connectivity index (χ3n) is 2.32. The lowest BCUT2D eigenvalue weighted by molar-refractivity contribution is -0.0854. The van der Waals surface area contributed by atoms with Crippen molar-refractivity contribution in [2.75, 3.05) is 0 Å². The number of aromatic amines is 1. The van der Waals surface area contributed by atoms with Crippen molar-refractivity contribution < 1.29 is 4.74 Å². The van der Waals surface area contributed by atoms with Crippen LogP contribution in [-0.2, 0) is 4.74 Å². The maximum atomic E-state index is 5.71. The van der Waals surface area contributed by atoms with Crippen molar-refractivity contribution in [3.8, 4) is 0 Å². The minimum Gasteiger partial charge on any atom is -0.351 e. The minimum absolute atomic E-state index is 0.0369. The van der Waals surface area contributed by atoms with Crippen LogP contribution in [0.3, 0.4) is 0 Å². The van der Waals surface area contributed by atoms with Gasteiger partial charge in [-0.1, -0.05) is 11.6 Å². The first-order valence-corrected chi connectivity index (χ1v) is 4.86. The summed E-state index contributed by atoms with van der Waals surface area (Å²) in [4.78, 5) is 11.6. The number of nitrogens with one attached hydrogen (secondary N) is 1. The molecule has 0 radical (unpaired) electrons. The maximum Gasteiger partial charge on any atom is 0.159 e. The van der Waals surface area contributed by atoms with Gasteiger partial charge in [0.2, 0.25) is 0 Å². The highest BCUT2D eigenvalue weighted by atomic mass is 35.5. The zero-order chi connectivity index (χ0) is 9.54. The second kappa shape index (κ2) is 2.93. The number of hydrogen-bond acceptors (Lipinski definition) is 3. The molecule has 0 bridgehead atoms. The van der Waals surface area contributed by atoms with Crippen LogP contribution >= 0.6 is 11.6 Å². The van der Waals surface area contributed by atoms with E-state index in [1.165, 1.54) is 0 Å². The number of rotatable bonds is 1. The van der Waals surface area contributed by atoms with Crippen LogP contribution in [0.2, 0.25) is 0 Å². The minimum atomic E-state index is -0.178. The number of ether oxygens (including phenoxy) is 1. The van der Waals surface area contributed by atoms with E-state index in [2.05, 4.69) is 15.0 Å². The number of H-pyrrole nitrogens is 1. The van der Waals surface area contributed by atoms with Crippen LogP contribution < -0.4 is 0 Å². The standard InChI is InChI=1S/C9H8ClN3O/c10-7-3-6(14-7)9-12-4-5-1-2-11-8(5)13-9/h1-2,4,6-7H,3H2,(H,11,12,13). The fraction of sp³-hybridized carbons (Fsp3) is 0.333. The van der Waals surface area contributed by atoms with Crippen LogP contribution in [0.5, 0.6) is 0 Å². The molecule has 1 aliphatic rings. The zero-order valence-corrected chi connectivity index (χ0v) is 8.03. The zero-order valence-electron chi connectivity index (χ0n) is 7.27. The Morgan fingerprint density at radius 2 is 2.43 bits per heavy atom. The SMILES string of the molecule is ClC1CC(c2ncc3cc[nH]c3n2)O1. The van der Waals surface area contributed by atoms with Gasteiger partial charge in [-0.2, -0.15) is 0 Å². The van der Waals surface area contributed by atoms with Crippen molar-refractivity contribution in [2.24, 2.45) is 0 Å². The van der Waals surface area contributed by atoms with Crippen molar-refractivity contribution in [1.82, 2.24) is 15.0 Å². The van der Waals surface area contributed by atoms with E-state index in [1.807, 2.05) is 12.3 Å². The summed E-state index contributed by atoms with van der Waals surface area (Å²) in [6.45, 7) is 0. The quantitative estimate of drug-likeness (QED) is 0.731. The summed E-state index contributed by atoms with van der Waals surface area (Å²) in [5.41, 5.74) is 0.666. The van der Waals surface area contributed by atoms with Crippen LogP contribution in [0.15, 0.2) is 18.5 Å². The lowest BCUT2D eigenvalue weighted by Gasteiger charge is -2.30. The van der Waals surface area contributed by atoms with Crippen LogP contribution in [0, 0.1) is 0 Å². The van der Waals surface area contributed by atoms with Crippen LogP contribution in [-0.4, -0.2) is 20.5 Å². The molecule has 2 aromatic heterocycles. The average molecular weight is 210 g/mol. The van der Waals surface area contributed by atoms with E-state index in [-0.39, 0.29) is 11.7 Å². The Morgan fingerprint density at radius 1 is 1.57 bits per heavy atom. The smallest absolute Gasteiger partial charge is 0.159 e. The molecule has 1 N–H and O–H groups in total. The summed E-state index contributed by atoms with van der Waals surface area (Å²) in [5.74, 6) is 0.705. The number of aromatic nitrogens is 3. The molecule has 3 rings (SSSR count). The molecule has 2 aromatic rings. The van der Waals surface area contributed by atoms with Gasteiger partial charge >= 0.3 is 0 Å². The Hall–Kier alpha value is -1.13. The van der Waals surface area contributed by atoms with E-state index in [4.69, 9.17) is 16.3 Å². The summed E-state index contributed by atoms with van der Waals surface area (Å²) in [7, 11) is 0. The molecule has 1 aliphatic heterocycles. The Morgan fingerprint density at radius 3 is 3.21 bits per heavy atom. The number of hydrogen-bond donors (Lipinski definition) is 1. The largest absolute Gasteiger partial charge is 0.351 e. The van der Waals surface area contributed by atoms with Gasteiger partial charge in [0, 0.05) is 24.2 Å². The second-order valence-corrected chi connectivity index (χ2v) is 3.77. The Balaban J connectivity index is 1.97. The van der Waals surface area contributed by atoms with Gasteiger partial charge in [0.15, 0.2) is 5.82 Å². The van der Waals surface area contributed by atoms with Gasteiger partial charge in [0.25, 0.3) is 0 Å². The predicted octanol–water partition coefficient (Wildman–Crippen LogP) is 1.98. The van der Waals surface area contributed by atoms with Gasteiger partial charge in [0.05, 0.1) is 0 Å². The summed E-state index contributed by atoms with van der Waals surface area (Å²) in [6, 6.07) is 1.94. The molecule has 0 aromatic carbocycles. The lowest BCUT2D eigenvalue weighted by Crippen LogP contribution is -2.27. The molecule has 0 spiro atoms. The third kappa shape index (κ3) is 1.19. The van der Waals surface area contributed by atoms with Crippen molar-refractivity contribution in [2.45, 2.75) is 18.1 Å². The summed E-state index contributed by atoms with van der Waals surface area (Å²) < 4.78 is 5.28. The first kappa shape index (κ1) is 8.20. The topological polar surface area (TPSA) is 50.8 Å². The van der Waals surface area contributed by atoms with Gasteiger partial charge in [-0.3, -0.25) is 0 Å². The molecule has 14 heavy (non-hydrogen) atoms. The molecule has 0 amide bonds. The van der Waals surface area contributed by atoms with Crippen molar-refractivity contribution in [3.05, 3.63) is 24.3 Å². The van der Waals surface area contributed by atoms with Gasteiger partial charge < -0.3 is 9.72 Å². The molecule has 1 saturated heterocycles. The molecule has 4 nitrogen and oxygen atoms in total. The summed E-state index contributed by atoms with van der Waals surface area (Å²) >= 11 is 5.71. The summed E-state index contributed by atoms with van der Waals surface area (Å²) in [6.07, 6.45) is 4.38. The van der Waals surface area contributed by atoms with Crippen molar-refractivity contribution in [1.29, 1.82) is 0 Å². The highest BCUT2D eigenvalue weighted by molar-refractivity contribution is 6.20. The highest BCUT2D eigenvalue weighted by Crippen LogP contribution is 2.35. The van der Waals surface area contributed by atoms with E-state index in [9.17, 15) is 0 Å². The average Bonchev–Trinajstić information content (AvgIpc) is 2.59. The molecule has 1 fully saturated rings. The van der Waals surface area contributed by atoms with Gasteiger partial charge in [-0.15, -0.1) is 0 Å². The molecular formula is C9H8ClN3O. The number of fused-ring (bicyclic) bond motifs is 1. The Kier molecular flexibility index (Phi) is 1.72. The molecular weight excluding hydrogens is 202 g/mol. The molecule has 0 aliphatic carbocycles. The number of nitrogens with zero attached hydrogens (tertiary/aromatic N) is 2. The van der Waals surface area contributed by atoms with E-state index >= 15 is 0 Å².